The van der Waals surface area contributed by atoms with Gasteiger partial charge in [0, 0.05) is 41.6 Å². The van der Waals surface area contributed by atoms with Gasteiger partial charge in [0.2, 0.25) is 16.9 Å². The van der Waals surface area contributed by atoms with Crippen molar-refractivity contribution >= 4 is 45.7 Å². The highest BCUT2D eigenvalue weighted by Crippen LogP contribution is 2.34. The zero-order valence-corrected chi connectivity index (χ0v) is 19.1. The molecule has 1 aliphatic heterocycles. The fourth-order valence-electron chi connectivity index (χ4n) is 3.43. The maximum absolute atomic E-state index is 12.6. The van der Waals surface area contributed by atoms with Crippen molar-refractivity contribution in [2.24, 2.45) is 0 Å². The predicted molar refractivity (Wildman–Crippen MR) is 126 cm³/mol. The van der Waals surface area contributed by atoms with E-state index in [1.54, 1.807) is 11.8 Å². The van der Waals surface area contributed by atoms with Crippen LogP contribution in [0.15, 0.2) is 53.4 Å². The summed E-state index contributed by atoms with van der Waals surface area (Å²) in [5.74, 6) is 0.701. The van der Waals surface area contributed by atoms with Gasteiger partial charge in [0.1, 0.15) is 5.01 Å². The molecule has 8 heteroatoms. The lowest BCUT2D eigenvalue weighted by Gasteiger charge is -2.17. The molecule has 1 unspecified atom stereocenters. The van der Waals surface area contributed by atoms with E-state index in [1.807, 2.05) is 47.4 Å². The van der Waals surface area contributed by atoms with E-state index < -0.39 is 0 Å². The lowest BCUT2D eigenvalue weighted by Crippen LogP contribution is -2.24. The third-order valence-electron chi connectivity index (χ3n) is 5.30. The zero-order chi connectivity index (χ0) is 21.8. The van der Waals surface area contributed by atoms with Crippen molar-refractivity contribution in [1.82, 2.24) is 10.2 Å². The van der Waals surface area contributed by atoms with E-state index in [0.29, 0.717) is 30.3 Å². The van der Waals surface area contributed by atoms with Gasteiger partial charge < -0.3 is 10.2 Å². The van der Waals surface area contributed by atoms with E-state index in [1.165, 1.54) is 22.5 Å². The van der Waals surface area contributed by atoms with Crippen molar-refractivity contribution in [2.45, 2.75) is 37.5 Å². The number of carbonyl (C=O) groups excluding carboxylic acids is 2. The second-order valence-corrected chi connectivity index (χ2v) is 9.76. The normalized spacial score (nSPS) is 16.0. The molecule has 2 aromatic carbocycles. The topological polar surface area (TPSA) is 75.2 Å². The molecule has 6 nitrogen and oxygen atoms in total. The monoisotopic (exact) mass is 452 g/mol. The summed E-state index contributed by atoms with van der Waals surface area (Å²) < 4.78 is 0. The number of hydrogen-bond acceptors (Lipinski definition) is 6. The summed E-state index contributed by atoms with van der Waals surface area (Å²) in [4.78, 5) is 27.8. The summed E-state index contributed by atoms with van der Waals surface area (Å²) in [6.07, 6.45) is 0.806. The van der Waals surface area contributed by atoms with Gasteiger partial charge in [-0.25, -0.2) is 0 Å². The Morgan fingerprint density at radius 2 is 1.97 bits per heavy atom. The number of rotatable bonds is 7. The highest BCUT2D eigenvalue weighted by atomic mass is 32.2. The van der Waals surface area contributed by atoms with Gasteiger partial charge in [-0.15, -0.1) is 22.0 Å². The Labute approximate surface area is 190 Å². The summed E-state index contributed by atoms with van der Waals surface area (Å²) in [6, 6.07) is 16.1. The van der Waals surface area contributed by atoms with Gasteiger partial charge in [0.05, 0.1) is 0 Å². The molecule has 160 valence electrons. The van der Waals surface area contributed by atoms with Crippen LogP contribution in [0.3, 0.4) is 0 Å². The first-order valence-electron chi connectivity index (χ1n) is 10.2. The fourth-order valence-corrected chi connectivity index (χ4v) is 5.15. The number of amides is 2. The molecule has 1 N–H and O–H groups in total. The van der Waals surface area contributed by atoms with Gasteiger partial charge in [-0.3, -0.25) is 9.59 Å². The van der Waals surface area contributed by atoms with E-state index in [-0.39, 0.29) is 17.7 Å². The number of anilines is 2. The Hall–Kier alpha value is -2.71. The van der Waals surface area contributed by atoms with Gasteiger partial charge >= 0.3 is 0 Å². The van der Waals surface area contributed by atoms with Crippen LogP contribution in [0.2, 0.25) is 0 Å². The smallest absolute Gasteiger partial charge is 0.227 e. The first-order chi connectivity index (χ1) is 15.0. The zero-order valence-electron chi connectivity index (χ0n) is 17.5. The van der Waals surface area contributed by atoms with Crippen molar-refractivity contribution in [3.63, 3.8) is 0 Å². The molecule has 31 heavy (non-hydrogen) atoms. The number of benzene rings is 2. The Morgan fingerprint density at radius 1 is 1.16 bits per heavy atom. The van der Waals surface area contributed by atoms with E-state index in [2.05, 4.69) is 35.4 Å². The second-order valence-electron chi connectivity index (χ2n) is 7.58. The van der Waals surface area contributed by atoms with Crippen molar-refractivity contribution in [3.8, 4) is 0 Å². The van der Waals surface area contributed by atoms with Gasteiger partial charge in [-0.2, -0.15) is 0 Å². The second kappa shape index (κ2) is 9.62. The Balaban J connectivity index is 1.31. The van der Waals surface area contributed by atoms with Crippen LogP contribution >= 0.6 is 23.1 Å². The third-order valence-corrected chi connectivity index (χ3v) is 7.32. The minimum Gasteiger partial charge on any atom is -0.312 e. The Kier molecular flexibility index (Phi) is 6.67. The largest absolute Gasteiger partial charge is 0.312 e. The maximum atomic E-state index is 12.6. The molecular formula is C23H24N4O2S2. The van der Waals surface area contributed by atoms with Crippen LogP contribution in [-0.4, -0.2) is 34.3 Å². The number of aryl methyl sites for hydroxylation is 2. The molecule has 0 saturated carbocycles. The van der Waals surface area contributed by atoms with Crippen LogP contribution in [0.4, 0.5) is 10.8 Å². The molecule has 4 rings (SSSR count). The highest BCUT2D eigenvalue weighted by molar-refractivity contribution is 7.99. The standard InChI is InChI=1S/C23H24N4O2S2/c1-15-8-9-18(12-16(15)2)27-14-17(13-21(27)29)22-25-26-23(31-22)24-20(28)10-11-30-19-6-4-3-5-7-19/h3-9,12,17H,10-11,13-14H2,1-2H3,(H,24,26,28). The highest BCUT2D eigenvalue weighted by Gasteiger charge is 2.34. The van der Waals surface area contributed by atoms with Crippen molar-refractivity contribution < 1.29 is 9.59 Å². The molecule has 1 saturated heterocycles. The summed E-state index contributed by atoms with van der Waals surface area (Å²) in [7, 11) is 0. The SMILES string of the molecule is Cc1ccc(N2CC(c3nnc(NC(=O)CCSc4ccccc4)s3)CC2=O)cc1C. The molecule has 0 radical (unpaired) electrons. The minimum absolute atomic E-state index is 0.00843. The van der Waals surface area contributed by atoms with Gasteiger partial charge in [0.15, 0.2) is 0 Å². The first kappa shape index (κ1) is 21.5. The Bertz CT molecular complexity index is 1080. The number of hydrogen-bond donors (Lipinski definition) is 1. The quantitative estimate of drug-likeness (QED) is 0.522. The molecule has 1 fully saturated rings. The van der Waals surface area contributed by atoms with Gasteiger partial charge in [-0.05, 0) is 49.2 Å². The van der Waals surface area contributed by atoms with Crippen molar-refractivity contribution in [2.75, 3.05) is 22.5 Å². The molecule has 3 aromatic rings. The third kappa shape index (κ3) is 5.32. The van der Waals surface area contributed by atoms with Crippen LogP contribution < -0.4 is 10.2 Å². The molecule has 1 aliphatic rings. The fraction of sp³-hybridized carbons (Fsp3) is 0.304. The number of thioether (sulfide) groups is 1. The summed E-state index contributed by atoms with van der Waals surface area (Å²) in [6.45, 7) is 4.69. The summed E-state index contributed by atoms with van der Waals surface area (Å²) in [5, 5.41) is 12.5. The lowest BCUT2D eigenvalue weighted by atomic mass is 10.1. The first-order valence-corrected chi connectivity index (χ1v) is 12.0. The summed E-state index contributed by atoms with van der Waals surface area (Å²) >= 11 is 3.00. The van der Waals surface area contributed by atoms with Crippen LogP contribution in [0.1, 0.15) is 34.9 Å². The van der Waals surface area contributed by atoms with Crippen LogP contribution in [0.25, 0.3) is 0 Å². The average molecular weight is 453 g/mol. The Morgan fingerprint density at radius 3 is 2.74 bits per heavy atom. The van der Waals surface area contributed by atoms with Crippen molar-refractivity contribution in [1.29, 1.82) is 0 Å². The molecular weight excluding hydrogens is 428 g/mol. The van der Waals surface area contributed by atoms with E-state index >= 15 is 0 Å². The molecule has 2 amide bonds. The van der Waals surface area contributed by atoms with E-state index in [4.69, 9.17) is 0 Å². The molecule has 1 aromatic heterocycles. The molecule has 1 atom stereocenters. The molecule has 2 heterocycles. The van der Waals surface area contributed by atoms with Gasteiger partial charge in [-0.1, -0.05) is 35.6 Å². The molecule has 0 bridgehead atoms. The van der Waals surface area contributed by atoms with E-state index in [0.717, 1.165) is 15.6 Å². The minimum atomic E-state index is -0.0783. The lowest BCUT2D eigenvalue weighted by molar-refractivity contribution is -0.117. The summed E-state index contributed by atoms with van der Waals surface area (Å²) in [5.41, 5.74) is 3.29. The van der Waals surface area contributed by atoms with Crippen molar-refractivity contribution in [3.05, 3.63) is 64.7 Å². The number of carbonyl (C=O) groups is 2. The maximum Gasteiger partial charge on any atom is 0.227 e. The van der Waals surface area contributed by atoms with Crippen LogP contribution in [-0.2, 0) is 9.59 Å². The van der Waals surface area contributed by atoms with E-state index in [9.17, 15) is 9.59 Å². The van der Waals surface area contributed by atoms with Gasteiger partial charge in [0.25, 0.3) is 0 Å². The predicted octanol–water partition coefficient (Wildman–Crippen LogP) is 4.80. The number of nitrogens with one attached hydrogen (secondary N) is 1. The molecule has 0 spiro atoms. The van der Waals surface area contributed by atoms with Crippen LogP contribution in [0, 0.1) is 13.8 Å². The molecule has 0 aliphatic carbocycles. The number of nitrogens with zero attached hydrogens (tertiary/aromatic N) is 3. The average Bonchev–Trinajstić information content (AvgIpc) is 3.37. The van der Waals surface area contributed by atoms with Crippen LogP contribution in [0.5, 0.6) is 0 Å². The number of aromatic nitrogens is 2.